The highest BCUT2D eigenvalue weighted by Crippen LogP contribution is 2.22. The van der Waals surface area contributed by atoms with Gasteiger partial charge >= 0.3 is 0 Å². The Bertz CT molecular complexity index is 850. The molecule has 2 aromatic carbocycles. The zero-order valence-corrected chi connectivity index (χ0v) is 17.4. The Morgan fingerprint density at radius 1 is 1.13 bits per heavy atom. The summed E-state index contributed by atoms with van der Waals surface area (Å²) in [6.07, 6.45) is 1.78. The number of carbonyl (C=O) groups is 1. The van der Waals surface area contributed by atoms with E-state index in [1.54, 1.807) is 12.1 Å². The van der Waals surface area contributed by atoms with Crippen LogP contribution >= 0.6 is 0 Å². The van der Waals surface area contributed by atoms with Crippen LogP contribution in [0.5, 0.6) is 5.75 Å². The highest BCUT2D eigenvalue weighted by molar-refractivity contribution is 5.78. The number of amides is 1. The van der Waals surface area contributed by atoms with Crippen LogP contribution in [0.1, 0.15) is 24.0 Å². The van der Waals surface area contributed by atoms with Gasteiger partial charge in [-0.25, -0.2) is 4.39 Å². The summed E-state index contributed by atoms with van der Waals surface area (Å²) >= 11 is 0. The van der Waals surface area contributed by atoms with Crippen LogP contribution in [0.25, 0.3) is 0 Å². The second-order valence-corrected chi connectivity index (χ2v) is 8.24. The van der Waals surface area contributed by atoms with Crippen molar-refractivity contribution in [2.45, 2.75) is 38.5 Å². The molecule has 0 aliphatic carbocycles. The molecule has 2 heterocycles. The number of ether oxygens (including phenoxy) is 2. The monoisotopic (exact) mass is 412 g/mol. The Morgan fingerprint density at radius 3 is 2.63 bits per heavy atom. The van der Waals surface area contributed by atoms with E-state index in [2.05, 4.69) is 36.1 Å². The first-order chi connectivity index (χ1) is 14.6. The minimum Gasteiger partial charge on any atom is -0.491 e. The zero-order valence-electron chi connectivity index (χ0n) is 17.4. The topological polar surface area (TPSA) is 42.0 Å². The SMILES string of the molecule is Cc1cccc(CN2CCC(N3C[C@H](COc4ccc(F)cc4)OCC3=O)CC2)c1. The second kappa shape index (κ2) is 9.58. The lowest BCUT2D eigenvalue weighted by Gasteiger charge is -2.42. The first-order valence-corrected chi connectivity index (χ1v) is 10.6. The maximum absolute atomic E-state index is 13.0. The summed E-state index contributed by atoms with van der Waals surface area (Å²) in [5.74, 6) is 0.375. The van der Waals surface area contributed by atoms with Gasteiger partial charge in [-0.2, -0.15) is 0 Å². The van der Waals surface area contributed by atoms with Crippen LogP contribution in [-0.4, -0.2) is 60.7 Å². The summed E-state index contributed by atoms with van der Waals surface area (Å²) in [6.45, 7) is 6.04. The van der Waals surface area contributed by atoms with Crippen LogP contribution in [0, 0.1) is 12.7 Å². The molecule has 0 N–H and O–H groups in total. The first kappa shape index (κ1) is 20.8. The number of likely N-dealkylation sites (tertiary alicyclic amines) is 1. The maximum atomic E-state index is 13.0. The van der Waals surface area contributed by atoms with E-state index in [9.17, 15) is 9.18 Å². The van der Waals surface area contributed by atoms with Crippen LogP contribution in [0.2, 0.25) is 0 Å². The largest absolute Gasteiger partial charge is 0.491 e. The minimum absolute atomic E-state index is 0.0603. The standard InChI is InChI=1S/C24H29FN2O3/c1-18-3-2-4-19(13-18)14-26-11-9-21(10-12-26)27-15-23(30-17-24(27)28)16-29-22-7-5-20(25)6-8-22/h2-8,13,21,23H,9-12,14-17H2,1H3/t23-/m1/s1. The van der Waals surface area contributed by atoms with E-state index in [1.165, 1.54) is 23.3 Å². The number of nitrogens with zero attached hydrogens (tertiary/aromatic N) is 2. The van der Waals surface area contributed by atoms with Crippen molar-refractivity contribution < 1.29 is 18.7 Å². The molecule has 4 rings (SSSR count). The highest BCUT2D eigenvalue weighted by Gasteiger charge is 2.33. The van der Waals surface area contributed by atoms with Gasteiger partial charge in [-0.05, 0) is 49.6 Å². The van der Waals surface area contributed by atoms with Crippen molar-refractivity contribution in [2.24, 2.45) is 0 Å². The Hall–Kier alpha value is -2.44. The van der Waals surface area contributed by atoms with Crippen molar-refractivity contribution in [1.29, 1.82) is 0 Å². The van der Waals surface area contributed by atoms with Crippen molar-refractivity contribution in [3.63, 3.8) is 0 Å². The Balaban J connectivity index is 1.27. The Morgan fingerprint density at radius 2 is 1.90 bits per heavy atom. The van der Waals surface area contributed by atoms with Gasteiger partial charge < -0.3 is 14.4 Å². The van der Waals surface area contributed by atoms with Gasteiger partial charge in [0.05, 0.1) is 6.54 Å². The molecule has 2 fully saturated rings. The normalized spacial score (nSPS) is 21.1. The van der Waals surface area contributed by atoms with E-state index >= 15 is 0 Å². The van der Waals surface area contributed by atoms with Crippen molar-refractivity contribution in [3.05, 3.63) is 65.5 Å². The van der Waals surface area contributed by atoms with Crippen LogP contribution in [0.15, 0.2) is 48.5 Å². The number of piperidine rings is 1. The average molecular weight is 413 g/mol. The molecule has 6 heteroatoms. The number of benzene rings is 2. The molecule has 0 radical (unpaired) electrons. The van der Waals surface area contributed by atoms with Gasteiger partial charge in [0.2, 0.25) is 5.91 Å². The van der Waals surface area contributed by atoms with E-state index in [1.807, 2.05) is 4.90 Å². The number of hydrogen-bond acceptors (Lipinski definition) is 4. The average Bonchev–Trinajstić information content (AvgIpc) is 2.75. The number of aryl methyl sites for hydroxylation is 1. The molecule has 0 spiro atoms. The van der Waals surface area contributed by atoms with Gasteiger partial charge in [0.1, 0.15) is 30.9 Å². The number of morpholine rings is 1. The summed E-state index contributed by atoms with van der Waals surface area (Å²) in [6, 6.07) is 14.8. The maximum Gasteiger partial charge on any atom is 0.248 e. The predicted octanol–water partition coefficient (Wildman–Crippen LogP) is 3.40. The molecule has 0 unspecified atom stereocenters. The molecule has 5 nitrogen and oxygen atoms in total. The van der Waals surface area contributed by atoms with Crippen molar-refractivity contribution in [2.75, 3.05) is 32.8 Å². The third-order valence-corrected chi connectivity index (χ3v) is 5.90. The lowest BCUT2D eigenvalue weighted by atomic mass is 10.0. The van der Waals surface area contributed by atoms with Crippen LogP contribution in [-0.2, 0) is 16.1 Å². The summed E-state index contributed by atoms with van der Waals surface area (Å²) in [7, 11) is 0. The van der Waals surface area contributed by atoms with Crippen molar-refractivity contribution >= 4 is 5.91 Å². The molecule has 2 aromatic rings. The fourth-order valence-electron chi connectivity index (χ4n) is 4.28. The molecule has 30 heavy (non-hydrogen) atoms. The first-order valence-electron chi connectivity index (χ1n) is 10.6. The number of hydrogen-bond donors (Lipinski definition) is 0. The highest BCUT2D eigenvalue weighted by atomic mass is 19.1. The fraction of sp³-hybridized carbons (Fsp3) is 0.458. The molecule has 2 saturated heterocycles. The lowest BCUT2D eigenvalue weighted by molar-refractivity contribution is -0.155. The van der Waals surface area contributed by atoms with E-state index < -0.39 is 0 Å². The van der Waals surface area contributed by atoms with E-state index in [-0.39, 0.29) is 30.5 Å². The van der Waals surface area contributed by atoms with E-state index in [0.717, 1.165) is 32.5 Å². The number of rotatable bonds is 6. The van der Waals surface area contributed by atoms with Gasteiger partial charge in [-0.15, -0.1) is 0 Å². The van der Waals surface area contributed by atoms with Crippen LogP contribution in [0.3, 0.4) is 0 Å². The van der Waals surface area contributed by atoms with Gasteiger partial charge in [0.25, 0.3) is 0 Å². The molecular formula is C24H29FN2O3. The fourth-order valence-corrected chi connectivity index (χ4v) is 4.28. The second-order valence-electron chi connectivity index (χ2n) is 8.24. The smallest absolute Gasteiger partial charge is 0.248 e. The van der Waals surface area contributed by atoms with Crippen LogP contribution in [0.4, 0.5) is 4.39 Å². The quantitative estimate of drug-likeness (QED) is 0.729. The Labute approximate surface area is 177 Å². The van der Waals surface area contributed by atoms with Gasteiger partial charge in [-0.1, -0.05) is 29.8 Å². The van der Waals surface area contributed by atoms with E-state index in [0.29, 0.717) is 18.9 Å². The van der Waals surface area contributed by atoms with Crippen molar-refractivity contribution in [1.82, 2.24) is 9.80 Å². The van der Waals surface area contributed by atoms with Crippen molar-refractivity contribution in [3.8, 4) is 5.75 Å². The summed E-state index contributed by atoms with van der Waals surface area (Å²) in [5, 5.41) is 0. The van der Waals surface area contributed by atoms with Gasteiger partial charge in [-0.3, -0.25) is 9.69 Å². The zero-order chi connectivity index (χ0) is 20.9. The summed E-state index contributed by atoms with van der Waals surface area (Å²) in [4.78, 5) is 16.9. The third kappa shape index (κ3) is 5.37. The molecule has 0 bridgehead atoms. The van der Waals surface area contributed by atoms with Gasteiger partial charge in [0, 0.05) is 25.7 Å². The molecule has 160 valence electrons. The minimum atomic E-state index is -0.290. The van der Waals surface area contributed by atoms with E-state index in [4.69, 9.17) is 9.47 Å². The molecule has 2 aliphatic heterocycles. The summed E-state index contributed by atoms with van der Waals surface area (Å²) < 4.78 is 24.4. The molecule has 1 amide bonds. The lowest BCUT2D eigenvalue weighted by Crippen LogP contribution is -2.55. The molecule has 1 atom stereocenters. The molecular weight excluding hydrogens is 383 g/mol. The summed E-state index contributed by atoms with van der Waals surface area (Å²) in [5.41, 5.74) is 2.63. The van der Waals surface area contributed by atoms with Gasteiger partial charge in [0.15, 0.2) is 0 Å². The Kier molecular flexibility index (Phi) is 6.65. The van der Waals surface area contributed by atoms with Crippen LogP contribution < -0.4 is 4.74 Å². The molecule has 0 saturated carbocycles. The predicted molar refractivity (Wildman–Crippen MR) is 113 cm³/mol. The number of carbonyl (C=O) groups excluding carboxylic acids is 1. The number of halogens is 1. The molecule has 0 aromatic heterocycles. The third-order valence-electron chi connectivity index (χ3n) is 5.90. The molecule has 2 aliphatic rings.